The van der Waals surface area contributed by atoms with Crippen molar-refractivity contribution in [2.45, 2.75) is 168 Å². The van der Waals surface area contributed by atoms with E-state index in [2.05, 4.69) is 20.8 Å². The van der Waals surface area contributed by atoms with Crippen molar-refractivity contribution >= 4 is 0 Å². The zero-order valence-electron chi connectivity index (χ0n) is 20.3. The summed E-state index contributed by atoms with van der Waals surface area (Å²) in [4.78, 5) is 0. The molecule has 0 N–H and O–H groups in total. The normalized spacial score (nSPS) is 11.6. The Bertz CT molecular complexity index is 233. The molecular weight excluding hydrogens is 336 g/mol. The summed E-state index contributed by atoms with van der Waals surface area (Å²) in [5.41, 5.74) is 0. The van der Waals surface area contributed by atoms with E-state index in [0.29, 0.717) is 0 Å². The lowest BCUT2D eigenvalue weighted by Crippen LogP contribution is -2.00. The molecule has 0 aliphatic rings. The molecule has 0 aromatic rings. The van der Waals surface area contributed by atoms with Crippen molar-refractivity contribution in [2.24, 2.45) is 5.92 Å². The van der Waals surface area contributed by atoms with Gasteiger partial charge >= 0.3 is 0 Å². The fraction of sp³-hybridized carbons (Fsp3) is 0.964. The van der Waals surface area contributed by atoms with Crippen LogP contribution in [0.2, 0.25) is 0 Å². The molecule has 169 valence electrons. The highest BCUT2D eigenvalue weighted by atomic mass is 14.1. The molecule has 0 unspecified atom stereocenters. The van der Waals surface area contributed by atoms with Crippen LogP contribution in [0.15, 0.2) is 0 Å². The standard InChI is InChI=1S/C28H57/c1-4-7-9-11-13-15-17-19-21-23-26-28(25-6-3)27-24-22-20-18-16-14-12-10-8-5-2/h28H,3-27H2,1-2H3. The smallest absolute Gasteiger partial charge is 0.0414 e. The van der Waals surface area contributed by atoms with Gasteiger partial charge in [0.1, 0.15) is 0 Å². The van der Waals surface area contributed by atoms with Gasteiger partial charge in [-0.1, -0.05) is 175 Å². The van der Waals surface area contributed by atoms with Crippen molar-refractivity contribution in [2.75, 3.05) is 0 Å². The molecule has 0 aromatic heterocycles. The highest BCUT2D eigenvalue weighted by Crippen LogP contribution is 2.23. The third-order valence-electron chi connectivity index (χ3n) is 6.54. The van der Waals surface area contributed by atoms with Crippen LogP contribution in [0.1, 0.15) is 168 Å². The Morgan fingerprint density at radius 2 is 0.679 bits per heavy atom. The lowest BCUT2D eigenvalue weighted by molar-refractivity contribution is 0.381. The summed E-state index contributed by atoms with van der Waals surface area (Å²) in [6, 6.07) is 0. The number of rotatable bonds is 24. The Hall–Kier alpha value is 0. The first-order chi connectivity index (χ1) is 13.8. The Morgan fingerprint density at radius 3 is 0.964 bits per heavy atom. The molecular formula is C28H57. The van der Waals surface area contributed by atoms with Crippen molar-refractivity contribution in [1.82, 2.24) is 0 Å². The van der Waals surface area contributed by atoms with Crippen LogP contribution in [0, 0.1) is 12.8 Å². The molecule has 0 atom stereocenters. The van der Waals surface area contributed by atoms with Gasteiger partial charge in [-0.05, 0) is 5.92 Å². The predicted molar refractivity (Wildman–Crippen MR) is 131 cm³/mol. The van der Waals surface area contributed by atoms with E-state index in [1.807, 2.05) is 0 Å². The van der Waals surface area contributed by atoms with Crippen LogP contribution in [-0.2, 0) is 0 Å². The first kappa shape index (κ1) is 28.0. The fourth-order valence-corrected chi connectivity index (χ4v) is 4.56. The second-order valence-corrected chi connectivity index (χ2v) is 9.45. The molecule has 0 nitrogen and oxygen atoms in total. The van der Waals surface area contributed by atoms with E-state index in [1.165, 1.54) is 148 Å². The summed E-state index contributed by atoms with van der Waals surface area (Å²) >= 11 is 0. The number of unbranched alkanes of at least 4 members (excludes halogenated alkanes) is 18. The van der Waals surface area contributed by atoms with Crippen LogP contribution in [-0.4, -0.2) is 0 Å². The van der Waals surface area contributed by atoms with Crippen molar-refractivity contribution in [1.29, 1.82) is 0 Å². The van der Waals surface area contributed by atoms with Crippen molar-refractivity contribution < 1.29 is 0 Å². The van der Waals surface area contributed by atoms with Gasteiger partial charge in [0, 0.05) is 0 Å². The summed E-state index contributed by atoms with van der Waals surface area (Å²) in [5, 5.41) is 0. The maximum absolute atomic E-state index is 4.12. The largest absolute Gasteiger partial charge is 0.0654 e. The molecule has 0 heteroatoms. The van der Waals surface area contributed by atoms with Gasteiger partial charge in [0.25, 0.3) is 0 Å². The van der Waals surface area contributed by atoms with E-state index in [1.54, 1.807) is 0 Å². The van der Waals surface area contributed by atoms with Gasteiger partial charge in [-0.3, -0.25) is 0 Å². The molecule has 0 aliphatic carbocycles. The Balaban J connectivity index is 3.41. The van der Waals surface area contributed by atoms with E-state index >= 15 is 0 Å². The Kier molecular flexibility index (Phi) is 25.0. The molecule has 0 aromatic carbocycles. The first-order valence-electron chi connectivity index (χ1n) is 13.6. The topological polar surface area (TPSA) is 0 Å². The third-order valence-corrected chi connectivity index (χ3v) is 6.54. The van der Waals surface area contributed by atoms with Crippen LogP contribution in [0.5, 0.6) is 0 Å². The van der Waals surface area contributed by atoms with Crippen LogP contribution in [0.4, 0.5) is 0 Å². The SMILES string of the molecule is [CH2]CCC(CCCCCCCCCCCC)CCCCCCCCCCCC. The molecule has 1 radical (unpaired) electrons. The molecule has 0 heterocycles. The minimum absolute atomic E-state index is 0.973. The monoisotopic (exact) mass is 393 g/mol. The molecule has 0 saturated carbocycles. The molecule has 0 amide bonds. The summed E-state index contributed by atoms with van der Waals surface area (Å²) in [5.74, 6) is 0.973. The lowest BCUT2D eigenvalue weighted by Gasteiger charge is -2.16. The van der Waals surface area contributed by atoms with Gasteiger partial charge in [-0.2, -0.15) is 0 Å². The van der Waals surface area contributed by atoms with Crippen molar-refractivity contribution in [3.05, 3.63) is 6.92 Å². The first-order valence-corrected chi connectivity index (χ1v) is 13.6. The van der Waals surface area contributed by atoms with Gasteiger partial charge in [0.05, 0.1) is 0 Å². The van der Waals surface area contributed by atoms with Gasteiger partial charge in [-0.15, -0.1) is 0 Å². The van der Waals surface area contributed by atoms with E-state index in [0.717, 1.165) is 12.3 Å². The van der Waals surface area contributed by atoms with Crippen molar-refractivity contribution in [3.63, 3.8) is 0 Å². The molecule has 28 heavy (non-hydrogen) atoms. The average Bonchev–Trinajstić information content (AvgIpc) is 2.70. The molecule has 0 aliphatic heterocycles. The van der Waals surface area contributed by atoms with Crippen LogP contribution in [0.3, 0.4) is 0 Å². The maximum atomic E-state index is 4.12. The maximum Gasteiger partial charge on any atom is -0.0414 e. The second-order valence-electron chi connectivity index (χ2n) is 9.45. The third kappa shape index (κ3) is 22.3. The second kappa shape index (κ2) is 25.0. The van der Waals surface area contributed by atoms with E-state index in [-0.39, 0.29) is 0 Å². The lowest BCUT2D eigenvalue weighted by atomic mass is 9.90. The van der Waals surface area contributed by atoms with Gasteiger partial charge in [0.2, 0.25) is 0 Å². The van der Waals surface area contributed by atoms with Gasteiger partial charge < -0.3 is 0 Å². The highest BCUT2D eigenvalue weighted by Gasteiger charge is 2.07. The minimum atomic E-state index is 0.973. The fourth-order valence-electron chi connectivity index (χ4n) is 4.56. The van der Waals surface area contributed by atoms with E-state index < -0.39 is 0 Å². The van der Waals surface area contributed by atoms with E-state index in [9.17, 15) is 0 Å². The summed E-state index contributed by atoms with van der Waals surface area (Å²) < 4.78 is 0. The summed E-state index contributed by atoms with van der Waals surface area (Å²) in [6.07, 6.45) is 34.6. The zero-order valence-corrected chi connectivity index (χ0v) is 20.3. The molecule has 0 rings (SSSR count). The molecule has 0 spiro atoms. The molecule has 0 fully saturated rings. The Morgan fingerprint density at radius 1 is 0.393 bits per heavy atom. The van der Waals surface area contributed by atoms with Crippen LogP contribution in [0.25, 0.3) is 0 Å². The molecule has 0 saturated heterocycles. The quantitative estimate of drug-likeness (QED) is 0.143. The van der Waals surface area contributed by atoms with Crippen molar-refractivity contribution in [3.8, 4) is 0 Å². The molecule has 0 bridgehead atoms. The Labute approximate surface area is 181 Å². The highest BCUT2D eigenvalue weighted by molar-refractivity contribution is 4.62. The number of hydrogen-bond donors (Lipinski definition) is 0. The zero-order chi connectivity index (χ0) is 20.5. The van der Waals surface area contributed by atoms with Gasteiger partial charge in [-0.25, -0.2) is 0 Å². The predicted octanol–water partition coefficient (Wildman–Crippen LogP) is 10.8. The van der Waals surface area contributed by atoms with Crippen LogP contribution < -0.4 is 0 Å². The van der Waals surface area contributed by atoms with Gasteiger partial charge in [0.15, 0.2) is 0 Å². The number of hydrogen-bond acceptors (Lipinski definition) is 0. The summed E-state index contributed by atoms with van der Waals surface area (Å²) in [6.45, 7) is 8.73. The van der Waals surface area contributed by atoms with E-state index in [4.69, 9.17) is 0 Å². The summed E-state index contributed by atoms with van der Waals surface area (Å²) in [7, 11) is 0. The average molecular weight is 394 g/mol. The minimum Gasteiger partial charge on any atom is -0.0654 e. The van der Waals surface area contributed by atoms with Crippen LogP contribution >= 0.6 is 0 Å².